The summed E-state index contributed by atoms with van der Waals surface area (Å²) in [7, 11) is 0. The third kappa shape index (κ3) is 4.63. The number of hydrogen-bond donors (Lipinski definition) is 1. The standard InChI is InChI=1S/C13H20N2/c1-3-4-5-8-14-10-12(2)13-7-6-9-15-11-13/h6-7,9-11,14H,3-5,8H2,1-2H3/b12-10+. The largest absolute Gasteiger partial charge is 0.391 e. The first kappa shape index (κ1) is 11.8. The van der Waals surface area contributed by atoms with Crippen LogP contribution in [0.15, 0.2) is 30.7 Å². The molecule has 15 heavy (non-hydrogen) atoms. The Morgan fingerprint density at radius 1 is 1.47 bits per heavy atom. The minimum Gasteiger partial charge on any atom is -0.391 e. The number of unbranched alkanes of at least 4 members (excludes halogenated alkanes) is 2. The van der Waals surface area contributed by atoms with E-state index < -0.39 is 0 Å². The molecule has 0 spiro atoms. The van der Waals surface area contributed by atoms with Gasteiger partial charge >= 0.3 is 0 Å². The SMILES string of the molecule is CCCCCN/C=C(\C)c1cccnc1. The quantitative estimate of drug-likeness (QED) is 0.720. The molecule has 0 aliphatic rings. The molecule has 0 atom stereocenters. The average Bonchev–Trinajstić information content (AvgIpc) is 2.30. The zero-order valence-electron chi connectivity index (χ0n) is 9.66. The van der Waals surface area contributed by atoms with Crippen LogP contribution in [0.4, 0.5) is 0 Å². The van der Waals surface area contributed by atoms with Crippen molar-refractivity contribution in [2.24, 2.45) is 0 Å². The molecule has 0 amide bonds. The Balaban J connectivity index is 2.33. The Morgan fingerprint density at radius 3 is 3.00 bits per heavy atom. The van der Waals surface area contributed by atoms with Crippen LogP contribution in [-0.2, 0) is 0 Å². The van der Waals surface area contributed by atoms with Crippen LogP contribution in [0.2, 0.25) is 0 Å². The van der Waals surface area contributed by atoms with Gasteiger partial charge in [-0.3, -0.25) is 4.98 Å². The van der Waals surface area contributed by atoms with Gasteiger partial charge in [-0.15, -0.1) is 0 Å². The van der Waals surface area contributed by atoms with Crippen molar-refractivity contribution in [1.29, 1.82) is 0 Å². The molecule has 1 aromatic heterocycles. The highest BCUT2D eigenvalue weighted by atomic mass is 14.8. The summed E-state index contributed by atoms with van der Waals surface area (Å²) in [6.45, 7) is 5.38. The van der Waals surface area contributed by atoms with Crippen LogP contribution in [0.25, 0.3) is 5.57 Å². The molecule has 1 N–H and O–H groups in total. The van der Waals surface area contributed by atoms with E-state index in [0.717, 1.165) is 6.54 Å². The molecule has 0 unspecified atom stereocenters. The summed E-state index contributed by atoms with van der Waals surface area (Å²) in [5.41, 5.74) is 2.42. The predicted octanol–water partition coefficient (Wildman–Crippen LogP) is 3.22. The first-order valence-electron chi connectivity index (χ1n) is 5.65. The van der Waals surface area contributed by atoms with Crippen LogP contribution < -0.4 is 5.32 Å². The van der Waals surface area contributed by atoms with Crippen LogP contribution in [0.3, 0.4) is 0 Å². The molecule has 0 bridgehead atoms. The highest BCUT2D eigenvalue weighted by molar-refractivity contribution is 5.62. The first-order chi connectivity index (χ1) is 7.34. The van der Waals surface area contributed by atoms with E-state index in [-0.39, 0.29) is 0 Å². The summed E-state index contributed by atoms with van der Waals surface area (Å²) >= 11 is 0. The van der Waals surface area contributed by atoms with E-state index in [1.54, 1.807) is 6.20 Å². The van der Waals surface area contributed by atoms with Crippen molar-refractivity contribution in [2.75, 3.05) is 6.54 Å². The molecule has 2 heteroatoms. The lowest BCUT2D eigenvalue weighted by Gasteiger charge is -2.03. The predicted molar refractivity (Wildman–Crippen MR) is 65.4 cm³/mol. The van der Waals surface area contributed by atoms with Crippen molar-refractivity contribution >= 4 is 5.57 Å². The van der Waals surface area contributed by atoms with E-state index in [0.29, 0.717) is 0 Å². The van der Waals surface area contributed by atoms with Crippen molar-refractivity contribution in [3.63, 3.8) is 0 Å². The lowest BCUT2D eigenvalue weighted by molar-refractivity contribution is 0.683. The Hall–Kier alpha value is -1.31. The van der Waals surface area contributed by atoms with Crippen LogP contribution in [0, 0.1) is 0 Å². The fraction of sp³-hybridized carbons (Fsp3) is 0.462. The van der Waals surface area contributed by atoms with Gasteiger partial charge in [0.15, 0.2) is 0 Å². The van der Waals surface area contributed by atoms with E-state index in [1.165, 1.54) is 30.4 Å². The maximum Gasteiger partial charge on any atom is 0.0343 e. The minimum absolute atomic E-state index is 1.06. The van der Waals surface area contributed by atoms with Crippen LogP contribution in [-0.4, -0.2) is 11.5 Å². The van der Waals surface area contributed by atoms with Crippen LogP contribution in [0.1, 0.15) is 38.7 Å². The Kier molecular flexibility index (Phi) is 5.52. The third-order valence-electron chi connectivity index (χ3n) is 2.36. The maximum absolute atomic E-state index is 4.09. The molecule has 0 aliphatic carbocycles. The summed E-state index contributed by atoms with van der Waals surface area (Å²) < 4.78 is 0. The molecule has 1 heterocycles. The van der Waals surface area contributed by atoms with Crippen molar-refractivity contribution in [3.05, 3.63) is 36.3 Å². The van der Waals surface area contributed by atoms with Crippen LogP contribution in [0.5, 0.6) is 0 Å². The lowest BCUT2D eigenvalue weighted by Crippen LogP contribution is -2.07. The fourth-order valence-corrected chi connectivity index (χ4v) is 1.38. The van der Waals surface area contributed by atoms with E-state index in [1.807, 2.05) is 12.3 Å². The highest BCUT2D eigenvalue weighted by Gasteiger charge is 1.93. The Bertz CT molecular complexity index is 291. The number of allylic oxidation sites excluding steroid dienone is 1. The Labute approximate surface area is 92.4 Å². The number of nitrogens with zero attached hydrogens (tertiary/aromatic N) is 1. The summed E-state index contributed by atoms with van der Waals surface area (Å²) in [4.78, 5) is 4.09. The zero-order chi connectivity index (χ0) is 10.9. The summed E-state index contributed by atoms with van der Waals surface area (Å²) in [6.07, 6.45) is 9.57. The average molecular weight is 204 g/mol. The maximum atomic E-state index is 4.09. The molecule has 1 aromatic rings. The van der Waals surface area contributed by atoms with Crippen molar-refractivity contribution in [1.82, 2.24) is 10.3 Å². The molecule has 0 aliphatic heterocycles. The van der Waals surface area contributed by atoms with Gasteiger partial charge in [-0.25, -0.2) is 0 Å². The summed E-state index contributed by atoms with van der Waals surface area (Å²) in [5.74, 6) is 0. The summed E-state index contributed by atoms with van der Waals surface area (Å²) in [5, 5.41) is 3.33. The second-order valence-corrected chi connectivity index (χ2v) is 3.73. The van der Waals surface area contributed by atoms with E-state index in [9.17, 15) is 0 Å². The molecular formula is C13H20N2. The zero-order valence-corrected chi connectivity index (χ0v) is 9.66. The second kappa shape index (κ2) is 7.04. The molecule has 0 fully saturated rings. The van der Waals surface area contributed by atoms with Gasteiger partial charge in [-0.05, 0) is 30.5 Å². The van der Waals surface area contributed by atoms with Gasteiger partial charge in [0.05, 0.1) is 0 Å². The van der Waals surface area contributed by atoms with Gasteiger partial charge < -0.3 is 5.32 Å². The number of aromatic nitrogens is 1. The molecule has 2 nitrogen and oxygen atoms in total. The highest BCUT2D eigenvalue weighted by Crippen LogP contribution is 2.09. The van der Waals surface area contributed by atoms with Gasteiger partial charge in [-0.2, -0.15) is 0 Å². The Morgan fingerprint density at radius 2 is 2.33 bits per heavy atom. The van der Waals surface area contributed by atoms with Gasteiger partial charge in [0.25, 0.3) is 0 Å². The van der Waals surface area contributed by atoms with Crippen molar-refractivity contribution in [2.45, 2.75) is 33.1 Å². The normalized spacial score (nSPS) is 11.5. The van der Waals surface area contributed by atoms with E-state index in [4.69, 9.17) is 0 Å². The monoisotopic (exact) mass is 204 g/mol. The first-order valence-corrected chi connectivity index (χ1v) is 5.65. The van der Waals surface area contributed by atoms with Gasteiger partial charge in [0.2, 0.25) is 0 Å². The molecule has 1 rings (SSSR count). The van der Waals surface area contributed by atoms with Gasteiger partial charge in [0, 0.05) is 25.1 Å². The van der Waals surface area contributed by atoms with E-state index >= 15 is 0 Å². The lowest BCUT2D eigenvalue weighted by atomic mass is 10.1. The third-order valence-corrected chi connectivity index (χ3v) is 2.36. The fourth-order valence-electron chi connectivity index (χ4n) is 1.38. The molecule has 0 saturated carbocycles. The van der Waals surface area contributed by atoms with Crippen LogP contribution >= 0.6 is 0 Å². The molecular weight excluding hydrogens is 184 g/mol. The number of pyridine rings is 1. The smallest absolute Gasteiger partial charge is 0.0343 e. The van der Waals surface area contributed by atoms with Crippen molar-refractivity contribution < 1.29 is 0 Å². The van der Waals surface area contributed by atoms with Gasteiger partial charge in [0.1, 0.15) is 0 Å². The van der Waals surface area contributed by atoms with E-state index in [2.05, 4.69) is 36.4 Å². The number of nitrogens with one attached hydrogen (secondary N) is 1. The summed E-state index contributed by atoms with van der Waals surface area (Å²) in [6, 6.07) is 4.04. The minimum atomic E-state index is 1.06. The van der Waals surface area contributed by atoms with Crippen molar-refractivity contribution in [3.8, 4) is 0 Å². The molecule has 0 aromatic carbocycles. The molecule has 0 radical (unpaired) electrons. The second-order valence-electron chi connectivity index (χ2n) is 3.73. The topological polar surface area (TPSA) is 24.9 Å². The molecule has 0 saturated heterocycles. The number of rotatable bonds is 6. The molecule has 82 valence electrons. The number of hydrogen-bond acceptors (Lipinski definition) is 2. The van der Waals surface area contributed by atoms with Gasteiger partial charge in [-0.1, -0.05) is 25.8 Å².